The Balaban J connectivity index is 1.88. The van der Waals surface area contributed by atoms with Crippen molar-refractivity contribution < 1.29 is 13.9 Å². The van der Waals surface area contributed by atoms with Gasteiger partial charge < -0.3 is 4.74 Å². The first-order chi connectivity index (χ1) is 10.5. The Hall–Kier alpha value is -2.40. The second-order valence-electron chi connectivity index (χ2n) is 4.49. The first-order valence-electron chi connectivity index (χ1n) is 6.52. The standard InChI is InChI=1S/C16H14ClFN2O2/c1-11(12-4-2-5-13(17)8-12)19-20-16(21)10-22-15-7-3-6-14(18)9-15/h2-9H,10H2,1H3,(H,20,21)/b19-11-. The van der Waals surface area contributed by atoms with Gasteiger partial charge in [0.05, 0.1) is 5.71 Å². The SMILES string of the molecule is C/C(=N/NC(=O)COc1cccc(F)c1)c1cccc(Cl)c1. The van der Waals surface area contributed by atoms with Gasteiger partial charge in [-0.2, -0.15) is 5.10 Å². The molecular weight excluding hydrogens is 307 g/mol. The van der Waals surface area contributed by atoms with Crippen LogP contribution in [0.2, 0.25) is 5.02 Å². The Morgan fingerprint density at radius 1 is 1.27 bits per heavy atom. The Labute approximate surface area is 132 Å². The molecular formula is C16H14ClFN2O2. The van der Waals surface area contributed by atoms with Crippen LogP contribution in [-0.4, -0.2) is 18.2 Å². The summed E-state index contributed by atoms with van der Waals surface area (Å²) < 4.78 is 18.1. The number of benzene rings is 2. The van der Waals surface area contributed by atoms with E-state index in [-0.39, 0.29) is 12.4 Å². The molecule has 2 aromatic rings. The van der Waals surface area contributed by atoms with E-state index in [1.165, 1.54) is 18.2 Å². The number of rotatable bonds is 5. The number of nitrogens with one attached hydrogen (secondary N) is 1. The maximum Gasteiger partial charge on any atom is 0.277 e. The molecule has 2 aromatic carbocycles. The first-order valence-corrected chi connectivity index (χ1v) is 6.90. The van der Waals surface area contributed by atoms with Gasteiger partial charge in [-0.15, -0.1) is 0 Å². The van der Waals surface area contributed by atoms with Crippen LogP contribution in [0.15, 0.2) is 53.6 Å². The molecule has 4 nitrogen and oxygen atoms in total. The molecule has 0 radical (unpaired) electrons. The molecule has 1 amide bonds. The van der Waals surface area contributed by atoms with Crippen molar-refractivity contribution in [2.75, 3.05) is 6.61 Å². The summed E-state index contributed by atoms with van der Waals surface area (Å²) >= 11 is 5.89. The molecule has 0 atom stereocenters. The molecule has 0 saturated carbocycles. The molecule has 0 saturated heterocycles. The van der Waals surface area contributed by atoms with Crippen molar-refractivity contribution in [2.45, 2.75) is 6.92 Å². The third-order valence-corrected chi connectivity index (χ3v) is 2.99. The second-order valence-corrected chi connectivity index (χ2v) is 4.93. The van der Waals surface area contributed by atoms with Gasteiger partial charge in [0, 0.05) is 11.1 Å². The zero-order valence-corrected chi connectivity index (χ0v) is 12.6. The normalized spacial score (nSPS) is 11.1. The van der Waals surface area contributed by atoms with Gasteiger partial charge in [0.25, 0.3) is 5.91 Å². The summed E-state index contributed by atoms with van der Waals surface area (Å²) in [6.07, 6.45) is 0. The fraction of sp³-hybridized carbons (Fsp3) is 0.125. The predicted octanol–water partition coefficient (Wildman–Crippen LogP) is 3.40. The summed E-state index contributed by atoms with van der Waals surface area (Å²) in [4.78, 5) is 11.6. The van der Waals surface area contributed by atoms with Crippen LogP contribution in [0.4, 0.5) is 4.39 Å². The van der Waals surface area contributed by atoms with E-state index in [1.54, 1.807) is 31.2 Å². The van der Waals surface area contributed by atoms with E-state index in [1.807, 2.05) is 6.07 Å². The Bertz CT molecular complexity index is 704. The molecule has 2 rings (SSSR count). The van der Waals surface area contributed by atoms with Crippen LogP contribution in [0.5, 0.6) is 5.75 Å². The molecule has 0 heterocycles. The maximum absolute atomic E-state index is 13.0. The van der Waals surface area contributed by atoms with E-state index in [4.69, 9.17) is 16.3 Å². The van der Waals surface area contributed by atoms with E-state index in [2.05, 4.69) is 10.5 Å². The van der Waals surface area contributed by atoms with Crippen LogP contribution >= 0.6 is 11.6 Å². The summed E-state index contributed by atoms with van der Waals surface area (Å²) in [5, 5.41) is 4.56. The van der Waals surface area contributed by atoms with E-state index in [0.29, 0.717) is 10.7 Å². The lowest BCUT2D eigenvalue weighted by Crippen LogP contribution is -2.25. The Morgan fingerprint density at radius 3 is 2.77 bits per heavy atom. The molecule has 0 aliphatic rings. The van der Waals surface area contributed by atoms with Crippen LogP contribution in [0.1, 0.15) is 12.5 Å². The van der Waals surface area contributed by atoms with Crippen LogP contribution < -0.4 is 10.2 Å². The zero-order chi connectivity index (χ0) is 15.9. The molecule has 1 N–H and O–H groups in total. The van der Waals surface area contributed by atoms with Crippen LogP contribution in [-0.2, 0) is 4.79 Å². The monoisotopic (exact) mass is 320 g/mol. The number of carbonyl (C=O) groups excluding carboxylic acids is 1. The second kappa shape index (κ2) is 7.56. The average molecular weight is 321 g/mol. The number of ether oxygens (including phenoxy) is 1. The van der Waals surface area contributed by atoms with Crippen molar-refractivity contribution in [3.63, 3.8) is 0 Å². The number of hydrogen-bond donors (Lipinski definition) is 1. The number of nitrogens with zero attached hydrogens (tertiary/aromatic N) is 1. The van der Waals surface area contributed by atoms with Crippen LogP contribution in [0.25, 0.3) is 0 Å². The van der Waals surface area contributed by atoms with E-state index < -0.39 is 11.7 Å². The molecule has 0 aliphatic carbocycles. The minimum absolute atomic E-state index is 0.254. The summed E-state index contributed by atoms with van der Waals surface area (Å²) in [6, 6.07) is 12.7. The highest BCUT2D eigenvalue weighted by atomic mass is 35.5. The molecule has 0 aromatic heterocycles. The third-order valence-electron chi connectivity index (χ3n) is 2.76. The molecule has 0 unspecified atom stereocenters. The smallest absolute Gasteiger partial charge is 0.277 e. The molecule has 22 heavy (non-hydrogen) atoms. The molecule has 0 spiro atoms. The Kier molecular flexibility index (Phi) is 5.49. The average Bonchev–Trinajstić information content (AvgIpc) is 2.50. The number of amides is 1. The Morgan fingerprint density at radius 2 is 2.05 bits per heavy atom. The third kappa shape index (κ3) is 4.86. The van der Waals surface area contributed by atoms with Gasteiger partial charge in [-0.3, -0.25) is 4.79 Å². The summed E-state index contributed by atoms with van der Waals surface area (Å²) in [5.41, 5.74) is 3.79. The van der Waals surface area contributed by atoms with Gasteiger partial charge in [-0.05, 0) is 36.8 Å². The number of hydrazone groups is 1. The fourth-order valence-corrected chi connectivity index (χ4v) is 1.85. The van der Waals surface area contributed by atoms with Crippen molar-refractivity contribution in [3.8, 4) is 5.75 Å². The van der Waals surface area contributed by atoms with Crippen LogP contribution in [0.3, 0.4) is 0 Å². The van der Waals surface area contributed by atoms with Gasteiger partial charge in [-0.25, -0.2) is 9.82 Å². The number of halogens is 2. The minimum Gasteiger partial charge on any atom is -0.484 e. The lowest BCUT2D eigenvalue weighted by atomic mass is 10.1. The summed E-state index contributed by atoms with van der Waals surface area (Å²) in [5.74, 6) is -0.580. The predicted molar refractivity (Wildman–Crippen MR) is 83.7 cm³/mol. The maximum atomic E-state index is 13.0. The van der Waals surface area contributed by atoms with Gasteiger partial charge >= 0.3 is 0 Å². The lowest BCUT2D eigenvalue weighted by molar-refractivity contribution is -0.123. The zero-order valence-electron chi connectivity index (χ0n) is 11.8. The molecule has 6 heteroatoms. The van der Waals surface area contributed by atoms with Gasteiger partial charge in [0.2, 0.25) is 0 Å². The fourth-order valence-electron chi connectivity index (χ4n) is 1.66. The van der Waals surface area contributed by atoms with Crippen LogP contribution in [0, 0.1) is 5.82 Å². The number of carbonyl (C=O) groups is 1. The van der Waals surface area contributed by atoms with Gasteiger partial charge in [0.1, 0.15) is 11.6 Å². The van der Waals surface area contributed by atoms with Crippen molar-refractivity contribution in [2.24, 2.45) is 5.10 Å². The van der Waals surface area contributed by atoms with Crippen molar-refractivity contribution >= 4 is 23.2 Å². The summed E-state index contributed by atoms with van der Waals surface area (Å²) in [7, 11) is 0. The quantitative estimate of drug-likeness (QED) is 0.678. The molecule has 0 bridgehead atoms. The van der Waals surface area contributed by atoms with E-state index >= 15 is 0 Å². The highest BCUT2D eigenvalue weighted by Crippen LogP contribution is 2.12. The first kappa shape index (κ1) is 16.0. The summed E-state index contributed by atoms with van der Waals surface area (Å²) in [6.45, 7) is 1.50. The topological polar surface area (TPSA) is 50.7 Å². The largest absolute Gasteiger partial charge is 0.484 e. The van der Waals surface area contributed by atoms with E-state index in [0.717, 1.165) is 5.56 Å². The molecule has 114 valence electrons. The van der Waals surface area contributed by atoms with E-state index in [9.17, 15) is 9.18 Å². The highest BCUT2D eigenvalue weighted by Gasteiger charge is 2.04. The number of hydrogen-bond acceptors (Lipinski definition) is 3. The van der Waals surface area contributed by atoms with Crippen molar-refractivity contribution in [3.05, 3.63) is 64.9 Å². The molecule has 0 aliphatic heterocycles. The van der Waals surface area contributed by atoms with Crippen molar-refractivity contribution in [1.82, 2.24) is 5.43 Å². The van der Waals surface area contributed by atoms with Crippen molar-refractivity contribution in [1.29, 1.82) is 0 Å². The minimum atomic E-state index is -0.439. The lowest BCUT2D eigenvalue weighted by Gasteiger charge is -2.06. The molecule has 0 fully saturated rings. The van der Waals surface area contributed by atoms with Gasteiger partial charge in [-0.1, -0.05) is 29.8 Å². The highest BCUT2D eigenvalue weighted by molar-refractivity contribution is 6.31. The van der Waals surface area contributed by atoms with Gasteiger partial charge in [0.15, 0.2) is 6.61 Å².